The number of aliphatic hydroxyl groups is 2. The average molecular weight is 605 g/mol. The highest BCUT2D eigenvalue weighted by Gasteiger charge is 2.62. The fourth-order valence-electron chi connectivity index (χ4n) is 10.7. The van der Waals surface area contributed by atoms with Crippen LogP contribution in [0.25, 0.3) is 0 Å². The molecule has 7 N–H and O–H groups in total. The van der Waals surface area contributed by atoms with Crippen molar-refractivity contribution in [2.75, 3.05) is 39.3 Å². The second kappa shape index (κ2) is 16.7. The standard InChI is InChI=1S/C36H68N4O3/c1-5-43-34(42)13-10-26(2)29-11-12-30-28-25-33(41)32-24-27(14-16-36(32,4)31(28)15-17-35(29,30)3)40-23-9-22-39-20-7-6-19-38-21-8-18-37/h5,26-34,38-42H,1,6-25,37H2,2-4H3/t26?,27-,28?,29?,30?,31?,32?,33?,34?,35?,36?/m1/s1. The van der Waals surface area contributed by atoms with E-state index in [1.807, 2.05) is 0 Å². The fraction of sp³-hybridized carbons (Fsp3) is 0.944. The van der Waals surface area contributed by atoms with Gasteiger partial charge >= 0.3 is 0 Å². The lowest BCUT2D eigenvalue weighted by molar-refractivity contribution is -0.162. The van der Waals surface area contributed by atoms with Crippen molar-refractivity contribution in [3.63, 3.8) is 0 Å². The molecule has 250 valence electrons. The second-order valence-corrected chi connectivity index (χ2v) is 15.5. The van der Waals surface area contributed by atoms with Crippen molar-refractivity contribution >= 4 is 0 Å². The molecule has 0 saturated heterocycles. The largest absolute Gasteiger partial charge is 0.473 e. The van der Waals surface area contributed by atoms with Crippen LogP contribution in [-0.2, 0) is 4.74 Å². The van der Waals surface area contributed by atoms with Gasteiger partial charge in [-0.1, -0.05) is 27.4 Å². The predicted molar refractivity (Wildman–Crippen MR) is 177 cm³/mol. The van der Waals surface area contributed by atoms with Gasteiger partial charge in [0.15, 0.2) is 6.29 Å². The highest BCUT2D eigenvalue weighted by Crippen LogP contribution is 2.68. The number of nitrogens with one attached hydrogen (secondary N) is 3. The van der Waals surface area contributed by atoms with E-state index in [1.54, 1.807) is 0 Å². The molecular formula is C36H68N4O3. The SMILES string of the molecule is C=COC(O)CCC(C)C1CCC2C3CC(O)C4C[C@H](NCCCNCCCCNCCCN)CCC4(C)C3CCC12C. The topological polar surface area (TPSA) is 112 Å². The average Bonchev–Trinajstić information content (AvgIpc) is 3.34. The maximum atomic E-state index is 11.7. The van der Waals surface area contributed by atoms with Crippen LogP contribution >= 0.6 is 0 Å². The van der Waals surface area contributed by atoms with Gasteiger partial charge in [0.05, 0.1) is 12.4 Å². The number of aliphatic hydroxyl groups excluding tert-OH is 2. The van der Waals surface area contributed by atoms with Gasteiger partial charge in [-0.05, 0) is 169 Å². The van der Waals surface area contributed by atoms with Crippen molar-refractivity contribution in [3.05, 3.63) is 12.8 Å². The molecule has 0 heterocycles. The van der Waals surface area contributed by atoms with E-state index in [0.29, 0.717) is 41.5 Å². The van der Waals surface area contributed by atoms with Gasteiger partial charge in [0.25, 0.3) is 0 Å². The summed E-state index contributed by atoms with van der Waals surface area (Å²) in [5, 5.41) is 32.7. The molecule has 10 unspecified atom stereocenters. The van der Waals surface area contributed by atoms with Gasteiger partial charge < -0.3 is 36.6 Å². The molecule has 0 spiro atoms. The molecule has 4 rings (SSSR count). The molecule has 0 aromatic rings. The van der Waals surface area contributed by atoms with E-state index in [4.69, 9.17) is 10.5 Å². The first-order chi connectivity index (χ1) is 20.7. The lowest BCUT2D eigenvalue weighted by Crippen LogP contribution is -2.59. The van der Waals surface area contributed by atoms with Crippen molar-refractivity contribution < 1.29 is 14.9 Å². The Hall–Kier alpha value is -0.700. The summed E-state index contributed by atoms with van der Waals surface area (Å²) in [6, 6.07) is 0.551. The Morgan fingerprint density at radius 2 is 1.53 bits per heavy atom. The molecule has 0 radical (unpaired) electrons. The lowest BCUT2D eigenvalue weighted by atomic mass is 9.43. The Morgan fingerprint density at radius 1 is 0.860 bits per heavy atom. The number of ether oxygens (including phenoxy) is 1. The number of fused-ring (bicyclic) bond motifs is 5. The van der Waals surface area contributed by atoms with Crippen LogP contribution in [0.4, 0.5) is 0 Å². The molecule has 43 heavy (non-hydrogen) atoms. The van der Waals surface area contributed by atoms with Gasteiger partial charge in [0, 0.05) is 12.5 Å². The Balaban J connectivity index is 1.20. The molecular weight excluding hydrogens is 536 g/mol. The zero-order valence-electron chi connectivity index (χ0n) is 28.0. The van der Waals surface area contributed by atoms with E-state index in [9.17, 15) is 10.2 Å². The van der Waals surface area contributed by atoms with Crippen LogP contribution in [0.15, 0.2) is 12.8 Å². The summed E-state index contributed by atoms with van der Waals surface area (Å²) in [6.45, 7) is 17.3. The zero-order chi connectivity index (χ0) is 30.9. The maximum absolute atomic E-state index is 11.7. The number of hydrogen-bond acceptors (Lipinski definition) is 7. The maximum Gasteiger partial charge on any atom is 0.196 e. The van der Waals surface area contributed by atoms with Crippen LogP contribution < -0.4 is 21.7 Å². The van der Waals surface area contributed by atoms with Gasteiger partial charge in [-0.15, -0.1) is 0 Å². The van der Waals surface area contributed by atoms with Crippen molar-refractivity contribution in [2.45, 2.75) is 129 Å². The summed E-state index contributed by atoms with van der Waals surface area (Å²) in [4.78, 5) is 0. The molecule has 4 aliphatic carbocycles. The Bertz CT molecular complexity index is 830. The summed E-state index contributed by atoms with van der Waals surface area (Å²) in [5.74, 6) is 3.88. The van der Waals surface area contributed by atoms with E-state index in [2.05, 4.69) is 43.3 Å². The van der Waals surface area contributed by atoms with Crippen LogP contribution in [0.3, 0.4) is 0 Å². The van der Waals surface area contributed by atoms with E-state index in [1.165, 1.54) is 64.0 Å². The lowest BCUT2D eigenvalue weighted by Gasteiger charge is -2.62. The summed E-state index contributed by atoms with van der Waals surface area (Å²) < 4.78 is 5.18. The quantitative estimate of drug-likeness (QED) is 0.0686. The van der Waals surface area contributed by atoms with Crippen molar-refractivity contribution in [2.24, 2.45) is 52.1 Å². The van der Waals surface area contributed by atoms with E-state index in [-0.39, 0.29) is 11.5 Å². The van der Waals surface area contributed by atoms with Crippen LogP contribution in [0.5, 0.6) is 0 Å². The first-order valence-corrected chi connectivity index (χ1v) is 18.2. The molecule has 7 nitrogen and oxygen atoms in total. The summed E-state index contributed by atoms with van der Waals surface area (Å²) >= 11 is 0. The third-order valence-corrected chi connectivity index (χ3v) is 13.0. The molecule has 0 bridgehead atoms. The molecule has 0 aromatic heterocycles. The number of nitrogens with two attached hydrogens (primary N) is 1. The van der Waals surface area contributed by atoms with Gasteiger partial charge in [-0.25, -0.2) is 0 Å². The van der Waals surface area contributed by atoms with Crippen molar-refractivity contribution in [3.8, 4) is 0 Å². The van der Waals surface area contributed by atoms with E-state index >= 15 is 0 Å². The third-order valence-electron chi connectivity index (χ3n) is 13.0. The van der Waals surface area contributed by atoms with Gasteiger partial charge in [-0.3, -0.25) is 0 Å². The highest BCUT2D eigenvalue weighted by atomic mass is 16.6. The summed E-state index contributed by atoms with van der Waals surface area (Å²) in [7, 11) is 0. The van der Waals surface area contributed by atoms with Crippen LogP contribution in [0.1, 0.15) is 111 Å². The number of rotatable bonds is 19. The normalized spacial score (nSPS) is 38.5. The summed E-state index contributed by atoms with van der Waals surface area (Å²) in [6.07, 6.45) is 16.7. The van der Waals surface area contributed by atoms with E-state index in [0.717, 1.165) is 76.8 Å². The van der Waals surface area contributed by atoms with Gasteiger partial charge in [0.1, 0.15) is 0 Å². The molecule has 0 aromatic carbocycles. The number of hydrogen-bond donors (Lipinski definition) is 6. The van der Waals surface area contributed by atoms with Crippen molar-refractivity contribution in [1.29, 1.82) is 0 Å². The predicted octanol–water partition coefficient (Wildman–Crippen LogP) is 5.17. The molecule has 7 heteroatoms. The third kappa shape index (κ3) is 8.56. The van der Waals surface area contributed by atoms with Gasteiger partial charge in [-0.2, -0.15) is 0 Å². The molecule has 4 fully saturated rings. The molecule has 4 aliphatic rings. The Labute approximate surface area is 263 Å². The van der Waals surface area contributed by atoms with Crippen molar-refractivity contribution in [1.82, 2.24) is 16.0 Å². The second-order valence-electron chi connectivity index (χ2n) is 15.5. The molecule has 11 atom stereocenters. The van der Waals surface area contributed by atoms with Crippen LogP contribution in [-0.4, -0.2) is 67.9 Å². The number of unbranched alkanes of at least 4 members (excludes halogenated alkanes) is 1. The minimum atomic E-state index is -0.734. The fourth-order valence-corrected chi connectivity index (χ4v) is 10.7. The first kappa shape index (κ1) is 35.2. The minimum Gasteiger partial charge on any atom is -0.473 e. The summed E-state index contributed by atoms with van der Waals surface area (Å²) in [5.41, 5.74) is 6.17. The Kier molecular flexibility index (Phi) is 13.7. The van der Waals surface area contributed by atoms with Crippen LogP contribution in [0.2, 0.25) is 0 Å². The smallest absolute Gasteiger partial charge is 0.196 e. The first-order valence-electron chi connectivity index (χ1n) is 18.2. The molecule has 4 saturated carbocycles. The zero-order valence-corrected chi connectivity index (χ0v) is 28.0. The molecule has 0 aliphatic heterocycles. The monoisotopic (exact) mass is 605 g/mol. The van der Waals surface area contributed by atoms with E-state index < -0.39 is 6.29 Å². The van der Waals surface area contributed by atoms with Gasteiger partial charge in [0.2, 0.25) is 0 Å². The van der Waals surface area contributed by atoms with Crippen LogP contribution in [0, 0.1) is 46.3 Å². The Morgan fingerprint density at radius 3 is 2.26 bits per heavy atom. The molecule has 0 amide bonds. The minimum absolute atomic E-state index is 0.160. The highest BCUT2D eigenvalue weighted by molar-refractivity contribution is 5.11.